The first kappa shape index (κ1) is 13.1. The van der Waals surface area contributed by atoms with Crippen LogP contribution in [0.25, 0.3) is 0 Å². The number of aryl methyl sites for hydroxylation is 2. The van der Waals surface area contributed by atoms with Crippen molar-refractivity contribution in [2.24, 2.45) is 0 Å². The quantitative estimate of drug-likeness (QED) is 0.878. The third-order valence-corrected chi connectivity index (χ3v) is 3.91. The average Bonchev–Trinajstić information content (AvgIpc) is 2.48. The van der Waals surface area contributed by atoms with Crippen molar-refractivity contribution in [2.45, 2.75) is 31.7 Å². The maximum absolute atomic E-state index is 13.6. The summed E-state index contributed by atoms with van der Waals surface area (Å²) in [6.45, 7) is 0. The first-order valence-electron chi connectivity index (χ1n) is 7.01. The van der Waals surface area contributed by atoms with E-state index in [4.69, 9.17) is 0 Å². The molecule has 1 heterocycles. The number of hydrogen-bond donors (Lipinski definition) is 1. The largest absolute Gasteiger partial charge is 0.382 e. The normalized spacial score (nSPS) is 17.4. The Morgan fingerprint density at radius 1 is 1.10 bits per heavy atom. The van der Waals surface area contributed by atoms with Gasteiger partial charge in [0.05, 0.1) is 0 Å². The summed E-state index contributed by atoms with van der Waals surface area (Å²) in [7, 11) is 0. The second kappa shape index (κ2) is 5.61. The van der Waals surface area contributed by atoms with Gasteiger partial charge in [-0.25, -0.2) is 8.78 Å². The molecule has 20 heavy (non-hydrogen) atoms. The summed E-state index contributed by atoms with van der Waals surface area (Å²) in [5.41, 5.74) is 2.97. The summed E-state index contributed by atoms with van der Waals surface area (Å²) < 4.78 is 26.7. The summed E-state index contributed by atoms with van der Waals surface area (Å²) in [5.74, 6) is -0.689. The maximum Gasteiger partial charge on any atom is 0.126 e. The molecule has 0 bridgehead atoms. The van der Waals surface area contributed by atoms with Crippen LogP contribution in [-0.2, 0) is 12.8 Å². The van der Waals surface area contributed by atoms with E-state index in [0.29, 0.717) is 18.0 Å². The van der Waals surface area contributed by atoms with Gasteiger partial charge < -0.3 is 5.32 Å². The SMILES string of the molecule is Fc1ccc(F)c(CCC2CCc3ccccc3N2)c1. The minimum Gasteiger partial charge on any atom is -0.382 e. The number of fused-ring (bicyclic) bond motifs is 1. The van der Waals surface area contributed by atoms with Gasteiger partial charge in [-0.2, -0.15) is 0 Å². The van der Waals surface area contributed by atoms with Crippen molar-refractivity contribution in [2.75, 3.05) is 5.32 Å². The molecule has 3 heteroatoms. The molecule has 1 N–H and O–H groups in total. The summed E-state index contributed by atoms with van der Waals surface area (Å²) in [5, 5.41) is 3.49. The molecule has 1 aliphatic heterocycles. The average molecular weight is 273 g/mol. The summed E-state index contributed by atoms with van der Waals surface area (Å²) in [6.07, 6.45) is 3.45. The molecule has 0 aromatic heterocycles. The Morgan fingerprint density at radius 2 is 1.95 bits per heavy atom. The molecule has 0 fully saturated rings. The third-order valence-electron chi connectivity index (χ3n) is 3.91. The first-order valence-corrected chi connectivity index (χ1v) is 7.01. The van der Waals surface area contributed by atoms with Gasteiger partial charge in [-0.1, -0.05) is 18.2 Å². The molecule has 3 rings (SSSR count). The van der Waals surface area contributed by atoms with Gasteiger partial charge in [-0.15, -0.1) is 0 Å². The van der Waals surface area contributed by atoms with Crippen LogP contribution in [0.15, 0.2) is 42.5 Å². The fraction of sp³-hybridized carbons (Fsp3) is 0.294. The monoisotopic (exact) mass is 273 g/mol. The fourth-order valence-electron chi connectivity index (χ4n) is 2.78. The Hall–Kier alpha value is -1.90. The zero-order valence-electron chi connectivity index (χ0n) is 11.2. The van der Waals surface area contributed by atoms with Crippen LogP contribution in [0.4, 0.5) is 14.5 Å². The van der Waals surface area contributed by atoms with Gasteiger partial charge in [0.15, 0.2) is 0 Å². The predicted octanol–water partition coefficient (Wildman–Crippen LogP) is 4.32. The second-order valence-electron chi connectivity index (χ2n) is 5.31. The first-order chi connectivity index (χ1) is 9.72. The smallest absolute Gasteiger partial charge is 0.126 e. The number of anilines is 1. The van der Waals surface area contributed by atoms with E-state index in [1.807, 2.05) is 12.1 Å². The molecule has 0 saturated heterocycles. The van der Waals surface area contributed by atoms with Gasteiger partial charge in [0.25, 0.3) is 0 Å². The van der Waals surface area contributed by atoms with Gasteiger partial charge in [0, 0.05) is 11.7 Å². The Bertz CT molecular complexity index is 610. The second-order valence-corrected chi connectivity index (χ2v) is 5.31. The van der Waals surface area contributed by atoms with Crippen LogP contribution in [0, 0.1) is 11.6 Å². The van der Waals surface area contributed by atoms with E-state index >= 15 is 0 Å². The molecule has 0 aliphatic carbocycles. The minimum absolute atomic E-state index is 0.317. The van der Waals surface area contributed by atoms with E-state index in [9.17, 15) is 8.78 Å². The summed E-state index contributed by atoms with van der Waals surface area (Å²) >= 11 is 0. The highest BCUT2D eigenvalue weighted by molar-refractivity contribution is 5.53. The lowest BCUT2D eigenvalue weighted by Crippen LogP contribution is -2.26. The van der Waals surface area contributed by atoms with E-state index in [0.717, 1.165) is 25.3 Å². The zero-order chi connectivity index (χ0) is 13.9. The van der Waals surface area contributed by atoms with Gasteiger partial charge in [0.1, 0.15) is 11.6 Å². The van der Waals surface area contributed by atoms with Crippen LogP contribution in [0.5, 0.6) is 0 Å². The van der Waals surface area contributed by atoms with Gasteiger partial charge >= 0.3 is 0 Å². The molecule has 1 atom stereocenters. The number of rotatable bonds is 3. The zero-order valence-corrected chi connectivity index (χ0v) is 11.2. The molecule has 0 saturated carbocycles. The summed E-state index contributed by atoms with van der Waals surface area (Å²) in [6, 6.07) is 12.2. The lowest BCUT2D eigenvalue weighted by Gasteiger charge is -2.27. The van der Waals surface area contributed by atoms with Gasteiger partial charge in [-0.3, -0.25) is 0 Å². The van der Waals surface area contributed by atoms with E-state index in [1.54, 1.807) is 0 Å². The molecular weight excluding hydrogens is 256 g/mol. The Morgan fingerprint density at radius 3 is 2.85 bits per heavy atom. The van der Waals surface area contributed by atoms with Crippen molar-refractivity contribution in [3.05, 3.63) is 65.2 Å². The van der Waals surface area contributed by atoms with E-state index in [2.05, 4.69) is 17.4 Å². The van der Waals surface area contributed by atoms with Crippen LogP contribution >= 0.6 is 0 Å². The van der Waals surface area contributed by atoms with Gasteiger partial charge in [0.2, 0.25) is 0 Å². The van der Waals surface area contributed by atoms with E-state index < -0.39 is 0 Å². The van der Waals surface area contributed by atoms with Gasteiger partial charge in [-0.05, 0) is 61.1 Å². The van der Waals surface area contributed by atoms with Crippen molar-refractivity contribution < 1.29 is 8.78 Å². The van der Waals surface area contributed by atoms with Crippen LogP contribution in [0.2, 0.25) is 0 Å². The maximum atomic E-state index is 13.6. The molecule has 2 aromatic carbocycles. The molecule has 1 unspecified atom stereocenters. The third kappa shape index (κ3) is 2.82. The molecular formula is C17H17F2N. The van der Waals surface area contributed by atoms with Crippen molar-refractivity contribution in [1.29, 1.82) is 0 Å². The van der Waals surface area contributed by atoms with Crippen LogP contribution < -0.4 is 5.32 Å². The van der Waals surface area contributed by atoms with Crippen LogP contribution in [0.1, 0.15) is 24.0 Å². The molecule has 0 spiro atoms. The molecule has 104 valence electrons. The molecule has 1 aliphatic rings. The van der Waals surface area contributed by atoms with Crippen molar-refractivity contribution >= 4 is 5.69 Å². The van der Waals surface area contributed by atoms with Crippen LogP contribution in [0.3, 0.4) is 0 Å². The highest BCUT2D eigenvalue weighted by atomic mass is 19.1. The van der Waals surface area contributed by atoms with Crippen molar-refractivity contribution in [3.63, 3.8) is 0 Å². The lowest BCUT2D eigenvalue weighted by molar-refractivity contribution is 0.553. The minimum atomic E-state index is -0.372. The number of benzene rings is 2. The number of halogens is 2. The number of nitrogens with one attached hydrogen (secondary N) is 1. The highest BCUT2D eigenvalue weighted by Gasteiger charge is 2.17. The number of para-hydroxylation sites is 1. The summed E-state index contributed by atoms with van der Waals surface area (Å²) in [4.78, 5) is 0. The topological polar surface area (TPSA) is 12.0 Å². The Kier molecular flexibility index (Phi) is 3.68. The standard InChI is InChI=1S/C17H17F2N/c18-14-7-10-16(19)13(11-14)6-9-15-8-5-12-3-1-2-4-17(12)20-15/h1-4,7,10-11,15,20H,5-6,8-9H2. The van der Waals surface area contributed by atoms with Crippen LogP contribution in [-0.4, -0.2) is 6.04 Å². The van der Waals surface area contributed by atoms with E-state index in [1.165, 1.54) is 23.4 Å². The highest BCUT2D eigenvalue weighted by Crippen LogP contribution is 2.26. The molecule has 1 nitrogen and oxygen atoms in total. The Labute approximate surface area is 117 Å². The van der Waals surface area contributed by atoms with Crippen molar-refractivity contribution in [1.82, 2.24) is 0 Å². The Balaban J connectivity index is 1.64. The molecule has 0 radical (unpaired) electrons. The molecule has 0 amide bonds. The predicted molar refractivity (Wildman–Crippen MR) is 76.9 cm³/mol. The lowest BCUT2D eigenvalue weighted by atomic mass is 9.94. The molecule has 2 aromatic rings. The van der Waals surface area contributed by atoms with Crippen molar-refractivity contribution in [3.8, 4) is 0 Å². The van der Waals surface area contributed by atoms with E-state index in [-0.39, 0.29) is 11.6 Å². The number of hydrogen-bond acceptors (Lipinski definition) is 1. The fourth-order valence-corrected chi connectivity index (χ4v) is 2.78.